The van der Waals surface area contributed by atoms with Crippen molar-refractivity contribution in [1.29, 1.82) is 0 Å². The lowest BCUT2D eigenvalue weighted by atomic mass is 9.97. The average Bonchev–Trinajstić information content (AvgIpc) is 2.31. The van der Waals surface area contributed by atoms with E-state index in [-0.39, 0.29) is 0 Å². The second-order valence-electron chi connectivity index (χ2n) is 4.85. The maximum absolute atomic E-state index is 5.62. The van der Waals surface area contributed by atoms with Gasteiger partial charge in [0, 0.05) is 13.2 Å². The first-order chi connectivity index (χ1) is 8.24. The van der Waals surface area contributed by atoms with Crippen LogP contribution in [0.5, 0.6) is 0 Å². The summed E-state index contributed by atoms with van der Waals surface area (Å²) in [6.45, 7) is 10.0. The lowest BCUT2D eigenvalue weighted by Crippen LogP contribution is -2.36. The fourth-order valence-corrected chi connectivity index (χ4v) is 2.02. The highest BCUT2D eigenvalue weighted by molar-refractivity contribution is 4.69. The monoisotopic (exact) mass is 245 g/mol. The Morgan fingerprint density at radius 2 is 1.88 bits per heavy atom. The first kappa shape index (κ1) is 16.9. The van der Waals surface area contributed by atoms with Crippen LogP contribution < -0.4 is 5.32 Å². The summed E-state index contributed by atoms with van der Waals surface area (Å²) in [5.41, 5.74) is 0. The minimum atomic E-state index is 0.494. The molecule has 3 nitrogen and oxygen atoms in total. The molecule has 0 rings (SSSR count). The molecular formula is C14H31NO2. The van der Waals surface area contributed by atoms with E-state index in [1.807, 2.05) is 0 Å². The van der Waals surface area contributed by atoms with Crippen LogP contribution in [-0.2, 0) is 9.47 Å². The van der Waals surface area contributed by atoms with Gasteiger partial charge < -0.3 is 14.8 Å². The van der Waals surface area contributed by atoms with E-state index < -0.39 is 0 Å². The van der Waals surface area contributed by atoms with E-state index in [2.05, 4.69) is 26.1 Å². The van der Waals surface area contributed by atoms with E-state index in [0.717, 1.165) is 19.1 Å². The quantitative estimate of drug-likeness (QED) is 0.536. The molecule has 2 unspecified atom stereocenters. The van der Waals surface area contributed by atoms with E-state index in [1.165, 1.54) is 25.7 Å². The van der Waals surface area contributed by atoms with Crippen molar-refractivity contribution in [3.63, 3.8) is 0 Å². The minimum Gasteiger partial charge on any atom is -0.382 e. The van der Waals surface area contributed by atoms with Gasteiger partial charge in [0.1, 0.15) is 0 Å². The largest absolute Gasteiger partial charge is 0.382 e. The maximum Gasteiger partial charge on any atom is 0.0701 e. The predicted octanol–water partition coefficient (Wildman–Crippen LogP) is 2.84. The lowest BCUT2D eigenvalue weighted by molar-refractivity contribution is 0.0551. The molecule has 0 bridgehead atoms. The summed E-state index contributed by atoms with van der Waals surface area (Å²) >= 11 is 0. The van der Waals surface area contributed by atoms with Crippen LogP contribution in [0.2, 0.25) is 0 Å². The number of nitrogens with one attached hydrogen (secondary N) is 1. The van der Waals surface area contributed by atoms with Crippen molar-refractivity contribution < 1.29 is 9.47 Å². The molecule has 0 aliphatic heterocycles. The van der Waals surface area contributed by atoms with Gasteiger partial charge in [-0.2, -0.15) is 0 Å². The highest BCUT2D eigenvalue weighted by Gasteiger charge is 2.12. The molecule has 0 aliphatic carbocycles. The van der Waals surface area contributed by atoms with Gasteiger partial charge in [-0.1, -0.05) is 33.6 Å². The summed E-state index contributed by atoms with van der Waals surface area (Å²) in [5.74, 6) is 0.778. The summed E-state index contributed by atoms with van der Waals surface area (Å²) < 4.78 is 10.6. The Balaban J connectivity index is 3.78. The smallest absolute Gasteiger partial charge is 0.0701 e. The van der Waals surface area contributed by atoms with Gasteiger partial charge in [0.2, 0.25) is 0 Å². The Kier molecular flexibility index (Phi) is 12.3. The molecule has 0 spiro atoms. The van der Waals surface area contributed by atoms with Crippen LogP contribution in [0.1, 0.15) is 46.5 Å². The van der Waals surface area contributed by atoms with Crippen LogP contribution in [0.25, 0.3) is 0 Å². The van der Waals surface area contributed by atoms with Gasteiger partial charge in [-0.15, -0.1) is 0 Å². The molecule has 0 heterocycles. The summed E-state index contributed by atoms with van der Waals surface area (Å²) in [4.78, 5) is 0. The second-order valence-corrected chi connectivity index (χ2v) is 4.85. The van der Waals surface area contributed by atoms with Gasteiger partial charge in [0.25, 0.3) is 0 Å². The van der Waals surface area contributed by atoms with Crippen LogP contribution in [0.15, 0.2) is 0 Å². The van der Waals surface area contributed by atoms with E-state index >= 15 is 0 Å². The Morgan fingerprint density at radius 1 is 1.12 bits per heavy atom. The van der Waals surface area contributed by atoms with Crippen LogP contribution in [-0.4, -0.2) is 39.5 Å². The molecule has 17 heavy (non-hydrogen) atoms. The van der Waals surface area contributed by atoms with E-state index in [9.17, 15) is 0 Å². The zero-order chi connectivity index (χ0) is 12.9. The van der Waals surface area contributed by atoms with E-state index in [0.29, 0.717) is 19.3 Å². The van der Waals surface area contributed by atoms with Gasteiger partial charge in [0.05, 0.1) is 19.8 Å². The van der Waals surface area contributed by atoms with E-state index in [1.54, 1.807) is 7.11 Å². The topological polar surface area (TPSA) is 30.5 Å². The van der Waals surface area contributed by atoms with Crippen LogP contribution >= 0.6 is 0 Å². The Bertz CT molecular complexity index is 153. The number of methoxy groups -OCH3 is 1. The maximum atomic E-state index is 5.62. The zero-order valence-electron chi connectivity index (χ0n) is 12.1. The average molecular weight is 245 g/mol. The van der Waals surface area contributed by atoms with Gasteiger partial charge in [-0.25, -0.2) is 0 Å². The fourth-order valence-electron chi connectivity index (χ4n) is 2.02. The Morgan fingerprint density at radius 3 is 2.47 bits per heavy atom. The van der Waals surface area contributed by atoms with Crippen molar-refractivity contribution in [2.24, 2.45) is 5.92 Å². The summed E-state index contributed by atoms with van der Waals surface area (Å²) in [6.07, 6.45) is 4.96. The third-order valence-corrected chi connectivity index (χ3v) is 2.90. The number of hydrogen-bond donors (Lipinski definition) is 1. The van der Waals surface area contributed by atoms with Crippen molar-refractivity contribution in [2.45, 2.75) is 52.5 Å². The van der Waals surface area contributed by atoms with Gasteiger partial charge in [-0.3, -0.25) is 0 Å². The predicted molar refractivity (Wildman–Crippen MR) is 73.5 cm³/mol. The zero-order valence-corrected chi connectivity index (χ0v) is 12.1. The normalized spacial score (nSPS) is 14.8. The van der Waals surface area contributed by atoms with Crippen LogP contribution in [0.3, 0.4) is 0 Å². The molecule has 1 N–H and O–H groups in total. The first-order valence-electron chi connectivity index (χ1n) is 7.04. The molecule has 0 amide bonds. The van der Waals surface area contributed by atoms with Gasteiger partial charge in [0.15, 0.2) is 0 Å². The molecule has 104 valence electrons. The van der Waals surface area contributed by atoms with Crippen LogP contribution in [0, 0.1) is 5.92 Å². The second kappa shape index (κ2) is 12.3. The van der Waals surface area contributed by atoms with Gasteiger partial charge in [-0.05, 0) is 25.3 Å². The fraction of sp³-hybridized carbons (Fsp3) is 1.00. The molecule has 0 aromatic carbocycles. The van der Waals surface area contributed by atoms with Crippen molar-refractivity contribution >= 4 is 0 Å². The molecule has 0 saturated heterocycles. The number of ether oxygens (including phenoxy) is 2. The van der Waals surface area contributed by atoms with Crippen molar-refractivity contribution in [2.75, 3.05) is 33.5 Å². The number of rotatable bonds is 12. The molecule has 0 radical (unpaired) electrons. The number of hydrogen-bond acceptors (Lipinski definition) is 3. The first-order valence-corrected chi connectivity index (χ1v) is 7.04. The molecule has 0 aliphatic rings. The minimum absolute atomic E-state index is 0.494. The highest BCUT2D eigenvalue weighted by Crippen LogP contribution is 2.12. The molecule has 3 heteroatoms. The molecule has 0 saturated carbocycles. The van der Waals surface area contributed by atoms with Crippen molar-refractivity contribution in [3.05, 3.63) is 0 Å². The Hall–Kier alpha value is -0.120. The molecule has 0 fully saturated rings. The summed E-state index contributed by atoms with van der Waals surface area (Å²) in [7, 11) is 1.71. The molecule has 2 atom stereocenters. The van der Waals surface area contributed by atoms with Crippen LogP contribution in [0.4, 0.5) is 0 Å². The third-order valence-electron chi connectivity index (χ3n) is 2.90. The summed E-state index contributed by atoms with van der Waals surface area (Å²) in [6, 6.07) is 0.494. The standard InChI is InChI=1S/C14H31NO2/c1-5-7-13(3)11-14(15-8-6-2)12-17-10-9-16-4/h13-15H,5-12H2,1-4H3. The van der Waals surface area contributed by atoms with Gasteiger partial charge >= 0.3 is 0 Å². The highest BCUT2D eigenvalue weighted by atomic mass is 16.5. The molecule has 0 aromatic rings. The van der Waals surface area contributed by atoms with E-state index in [4.69, 9.17) is 9.47 Å². The molecule has 0 aromatic heterocycles. The molecular weight excluding hydrogens is 214 g/mol. The van der Waals surface area contributed by atoms with Crippen molar-refractivity contribution in [1.82, 2.24) is 5.32 Å². The Labute approximate surface area is 107 Å². The SMILES string of the molecule is CCCNC(COCCOC)CC(C)CCC. The van der Waals surface area contributed by atoms with Crippen molar-refractivity contribution in [3.8, 4) is 0 Å². The third kappa shape index (κ3) is 10.7. The lowest BCUT2D eigenvalue weighted by Gasteiger charge is -2.22. The summed E-state index contributed by atoms with van der Waals surface area (Å²) in [5, 5.41) is 3.57.